The predicted molar refractivity (Wildman–Crippen MR) is 101 cm³/mol. The molecule has 0 aliphatic carbocycles. The Labute approximate surface area is 120 Å². The van der Waals surface area contributed by atoms with Crippen molar-refractivity contribution in [3.05, 3.63) is 0 Å². The lowest BCUT2D eigenvalue weighted by molar-refractivity contribution is 0.875. The van der Waals surface area contributed by atoms with Crippen LogP contribution >= 0.6 is 0 Å². The molecule has 1 saturated heterocycles. The number of unbranched alkanes of at least 4 members (excludes halogenated alkanes) is 1. The van der Waals surface area contributed by atoms with Crippen molar-refractivity contribution in [1.82, 2.24) is 0 Å². The van der Waals surface area contributed by atoms with E-state index >= 15 is 0 Å². The van der Waals surface area contributed by atoms with Crippen molar-refractivity contribution in [2.24, 2.45) is 0 Å². The van der Waals surface area contributed by atoms with E-state index < -0.39 is 35.5 Å². The van der Waals surface area contributed by atoms with E-state index in [0.717, 1.165) is 0 Å². The summed E-state index contributed by atoms with van der Waals surface area (Å²) in [6.45, 7) is 28.0. The molecule has 0 saturated carbocycles. The summed E-state index contributed by atoms with van der Waals surface area (Å²) in [5.74, 6) is 0. The van der Waals surface area contributed by atoms with E-state index in [1.54, 1.807) is 6.04 Å². The molecule has 0 nitrogen and oxygen atoms in total. The van der Waals surface area contributed by atoms with Crippen LogP contribution < -0.4 is 0 Å². The fourth-order valence-electron chi connectivity index (χ4n) is 4.88. The van der Waals surface area contributed by atoms with Crippen molar-refractivity contribution in [2.45, 2.75) is 84.7 Å². The summed E-state index contributed by atoms with van der Waals surface area (Å²) in [6, 6.07) is 1.69. The number of hydrogen-bond donors (Lipinski definition) is 0. The van der Waals surface area contributed by atoms with E-state index in [9.17, 15) is 0 Å². The van der Waals surface area contributed by atoms with Gasteiger partial charge >= 0.3 is 0 Å². The largest absolute Gasteiger partial charge is 0.0735 e. The first-order valence-corrected chi connectivity index (χ1v) is 27.5. The third kappa shape index (κ3) is 1.69. The standard InChI is InChI=1S/C13H36Si5/c1-11-12-13-18(10)16(6,7)14(2,3)15(4,5)17(18,8)9/h11-13H2,1-10H3. The molecular weight excluding hydrogens is 297 g/mol. The van der Waals surface area contributed by atoms with Crippen LogP contribution in [0.1, 0.15) is 19.8 Å². The smallest absolute Gasteiger partial charge is 0.0337 e. The summed E-state index contributed by atoms with van der Waals surface area (Å²) in [5, 5.41) is 0. The molecule has 1 rings (SSSR count). The second-order valence-electron chi connectivity index (χ2n) is 8.94. The highest BCUT2D eigenvalue weighted by Gasteiger charge is 2.76. The first-order chi connectivity index (χ1) is 7.81. The van der Waals surface area contributed by atoms with Gasteiger partial charge in [0.05, 0.1) is 0 Å². The molecule has 18 heavy (non-hydrogen) atoms. The van der Waals surface area contributed by atoms with Gasteiger partial charge in [0.1, 0.15) is 0 Å². The first kappa shape index (κ1) is 17.1. The van der Waals surface area contributed by atoms with Gasteiger partial charge in [-0.3, -0.25) is 0 Å². The molecule has 0 spiro atoms. The Morgan fingerprint density at radius 3 is 1.17 bits per heavy atom. The molecule has 0 aromatic heterocycles. The van der Waals surface area contributed by atoms with Crippen LogP contribution in [0, 0.1) is 0 Å². The van der Waals surface area contributed by atoms with E-state index in [0.29, 0.717) is 0 Å². The molecule has 0 amide bonds. The van der Waals surface area contributed by atoms with Gasteiger partial charge < -0.3 is 0 Å². The molecular formula is C13H36Si5. The molecule has 1 aliphatic rings. The molecule has 0 N–H and O–H groups in total. The van der Waals surface area contributed by atoms with E-state index in [-0.39, 0.29) is 0 Å². The van der Waals surface area contributed by atoms with Crippen molar-refractivity contribution >= 4 is 35.5 Å². The quantitative estimate of drug-likeness (QED) is 0.630. The molecule has 1 fully saturated rings. The Morgan fingerprint density at radius 1 is 0.556 bits per heavy atom. The van der Waals surface area contributed by atoms with E-state index in [1.807, 2.05) is 0 Å². The van der Waals surface area contributed by atoms with Gasteiger partial charge in [-0.2, -0.15) is 0 Å². The zero-order valence-electron chi connectivity index (χ0n) is 14.6. The van der Waals surface area contributed by atoms with Gasteiger partial charge in [0.2, 0.25) is 0 Å². The van der Waals surface area contributed by atoms with Crippen molar-refractivity contribution in [2.75, 3.05) is 0 Å². The fraction of sp³-hybridized carbons (Fsp3) is 1.00. The average molecular weight is 333 g/mol. The van der Waals surface area contributed by atoms with E-state index in [1.165, 1.54) is 12.8 Å². The lowest BCUT2D eigenvalue weighted by Gasteiger charge is -2.47. The highest BCUT2D eigenvalue weighted by molar-refractivity contribution is 8.13. The second-order valence-corrected chi connectivity index (χ2v) is 69.2. The maximum absolute atomic E-state index is 2.89. The molecule has 0 atom stereocenters. The predicted octanol–water partition coefficient (Wildman–Crippen LogP) is 5.10. The summed E-state index contributed by atoms with van der Waals surface area (Å²) in [6.07, 6.45) is 2.95. The SMILES string of the molecule is CCCC[Si]1(C)[Si](C)(C)[Si](C)(C)[Si](C)(C)[Si]1(C)C. The molecule has 0 aromatic carbocycles. The fourth-order valence-corrected chi connectivity index (χ4v) is 210. The van der Waals surface area contributed by atoms with Crippen LogP contribution in [0.15, 0.2) is 0 Å². The Balaban J connectivity index is 3.43. The van der Waals surface area contributed by atoms with Crippen LogP contribution in [-0.4, -0.2) is 35.5 Å². The molecule has 108 valence electrons. The Morgan fingerprint density at radius 2 is 0.889 bits per heavy atom. The van der Waals surface area contributed by atoms with Crippen LogP contribution in [0.2, 0.25) is 65.0 Å². The third-order valence-electron chi connectivity index (χ3n) is 8.48. The van der Waals surface area contributed by atoms with Gasteiger partial charge in [-0.05, 0) is 0 Å². The number of rotatable bonds is 3. The summed E-state index contributed by atoms with van der Waals surface area (Å²) in [5.41, 5.74) is 0. The molecule has 0 unspecified atom stereocenters. The lowest BCUT2D eigenvalue weighted by atomic mass is 10.4. The number of hydrogen-bond acceptors (Lipinski definition) is 0. The van der Waals surface area contributed by atoms with Crippen molar-refractivity contribution in [3.8, 4) is 0 Å². The van der Waals surface area contributed by atoms with Crippen molar-refractivity contribution in [1.29, 1.82) is 0 Å². The zero-order chi connectivity index (χ0) is 14.6. The summed E-state index contributed by atoms with van der Waals surface area (Å²) >= 11 is 0. The highest BCUT2D eigenvalue weighted by atomic mass is 30.2. The van der Waals surface area contributed by atoms with Crippen molar-refractivity contribution in [3.63, 3.8) is 0 Å². The van der Waals surface area contributed by atoms with Gasteiger partial charge in [0, 0.05) is 35.5 Å². The maximum Gasteiger partial charge on any atom is 0.0337 e. The van der Waals surface area contributed by atoms with Crippen LogP contribution in [0.3, 0.4) is 0 Å². The zero-order valence-corrected chi connectivity index (χ0v) is 19.6. The minimum Gasteiger partial charge on any atom is -0.0735 e. The summed E-state index contributed by atoms with van der Waals surface area (Å²) < 4.78 is 0. The maximum atomic E-state index is 2.89. The first-order valence-electron chi connectivity index (χ1n) is 7.81. The van der Waals surface area contributed by atoms with Crippen molar-refractivity contribution < 1.29 is 0 Å². The Hall–Kier alpha value is 1.08. The molecule has 0 radical (unpaired) electrons. The molecule has 0 aromatic rings. The molecule has 0 bridgehead atoms. The summed E-state index contributed by atoms with van der Waals surface area (Å²) in [4.78, 5) is 0. The van der Waals surface area contributed by atoms with Crippen LogP contribution in [-0.2, 0) is 0 Å². The molecule has 1 aliphatic heterocycles. The van der Waals surface area contributed by atoms with Gasteiger partial charge in [-0.15, -0.1) is 0 Å². The Kier molecular flexibility index (Phi) is 4.33. The molecule has 1 heterocycles. The minimum atomic E-state index is -0.932. The van der Waals surface area contributed by atoms with Crippen LogP contribution in [0.4, 0.5) is 0 Å². The second kappa shape index (κ2) is 4.54. The summed E-state index contributed by atoms with van der Waals surface area (Å²) in [7, 11) is -4.62. The van der Waals surface area contributed by atoms with Crippen LogP contribution in [0.5, 0.6) is 0 Å². The highest BCUT2D eigenvalue weighted by Crippen LogP contribution is 2.53. The normalized spacial score (nSPS) is 30.3. The lowest BCUT2D eigenvalue weighted by Crippen LogP contribution is -2.70. The topological polar surface area (TPSA) is 0 Å². The molecule has 5 heteroatoms. The average Bonchev–Trinajstić information content (AvgIpc) is 2.27. The van der Waals surface area contributed by atoms with Gasteiger partial charge in [0.25, 0.3) is 0 Å². The monoisotopic (exact) mass is 332 g/mol. The van der Waals surface area contributed by atoms with Gasteiger partial charge in [-0.25, -0.2) is 0 Å². The third-order valence-corrected chi connectivity index (χ3v) is 137. The van der Waals surface area contributed by atoms with E-state index in [2.05, 4.69) is 65.8 Å². The van der Waals surface area contributed by atoms with E-state index in [4.69, 9.17) is 0 Å². The Bertz CT molecular complexity index is 304. The van der Waals surface area contributed by atoms with Gasteiger partial charge in [0.15, 0.2) is 0 Å². The van der Waals surface area contributed by atoms with Crippen LogP contribution in [0.25, 0.3) is 0 Å². The van der Waals surface area contributed by atoms with Gasteiger partial charge in [-0.1, -0.05) is 84.7 Å². The minimum absolute atomic E-state index is 0.915.